The SMILES string of the molecule is CCOC(=O)/C=C(\C)N1N=C(C2=CC=CC2)CC1c1ccccc1. The Hall–Kier alpha value is -2.62. The lowest BCUT2D eigenvalue weighted by Crippen LogP contribution is -2.18. The number of ether oxygens (including phenoxy) is 1. The molecule has 4 heteroatoms. The minimum atomic E-state index is -0.327. The number of hydrogen-bond acceptors (Lipinski definition) is 4. The molecule has 0 bridgehead atoms. The van der Waals surface area contributed by atoms with Gasteiger partial charge in [-0.05, 0) is 31.4 Å². The number of hydrazone groups is 1. The molecule has 1 aliphatic heterocycles. The van der Waals surface area contributed by atoms with Crippen molar-refractivity contribution < 1.29 is 9.53 Å². The minimum absolute atomic E-state index is 0.105. The zero-order chi connectivity index (χ0) is 16.9. The zero-order valence-corrected chi connectivity index (χ0v) is 14.1. The van der Waals surface area contributed by atoms with Crippen LogP contribution in [0, 0.1) is 0 Å². The minimum Gasteiger partial charge on any atom is -0.463 e. The Balaban J connectivity index is 1.89. The van der Waals surface area contributed by atoms with E-state index >= 15 is 0 Å². The molecule has 1 atom stereocenters. The van der Waals surface area contributed by atoms with E-state index in [9.17, 15) is 4.79 Å². The molecule has 1 unspecified atom stereocenters. The number of hydrogen-bond donors (Lipinski definition) is 0. The van der Waals surface area contributed by atoms with Crippen molar-refractivity contribution in [1.29, 1.82) is 0 Å². The largest absolute Gasteiger partial charge is 0.463 e. The van der Waals surface area contributed by atoms with Gasteiger partial charge in [0.25, 0.3) is 0 Å². The van der Waals surface area contributed by atoms with Gasteiger partial charge in [-0.3, -0.25) is 5.01 Å². The van der Waals surface area contributed by atoms with Crippen molar-refractivity contribution >= 4 is 11.7 Å². The number of esters is 1. The molecule has 0 saturated carbocycles. The predicted octanol–water partition coefficient (Wildman–Crippen LogP) is 4.14. The Labute approximate surface area is 142 Å². The highest BCUT2D eigenvalue weighted by Gasteiger charge is 2.30. The fourth-order valence-corrected chi connectivity index (χ4v) is 3.05. The molecule has 2 aliphatic rings. The van der Waals surface area contributed by atoms with Crippen molar-refractivity contribution in [2.75, 3.05) is 6.61 Å². The molecule has 3 rings (SSSR count). The smallest absolute Gasteiger partial charge is 0.332 e. The highest BCUT2D eigenvalue weighted by Crippen LogP contribution is 2.36. The lowest BCUT2D eigenvalue weighted by Gasteiger charge is -2.24. The lowest BCUT2D eigenvalue weighted by molar-refractivity contribution is -0.137. The van der Waals surface area contributed by atoms with Gasteiger partial charge in [-0.15, -0.1) is 0 Å². The molecular weight excluding hydrogens is 300 g/mol. The molecule has 1 aliphatic carbocycles. The average Bonchev–Trinajstić information content (AvgIpc) is 3.25. The Bertz CT molecular complexity index is 729. The van der Waals surface area contributed by atoms with E-state index in [1.54, 1.807) is 6.92 Å². The molecular formula is C20H22N2O2. The van der Waals surface area contributed by atoms with Crippen molar-refractivity contribution in [3.63, 3.8) is 0 Å². The summed E-state index contributed by atoms with van der Waals surface area (Å²) in [6, 6.07) is 10.4. The molecule has 0 spiro atoms. The maximum atomic E-state index is 11.8. The fourth-order valence-electron chi connectivity index (χ4n) is 3.05. The molecule has 1 heterocycles. The zero-order valence-electron chi connectivity index (χ0n) is 14.1. The van der Waals surface area contributed by atoms with Crippen LogP contribution in [0.15, 0.2) is 71.0 Å². The maximum Gasteiger partial charge on any atom is 0.332 e. The lowest BCUT2D eigenvalue weighted by atomic mass is 9.98. The van der Waals surface area contributed by atoms with Gasteiger partial charge in [-0.2, -0.15) is 5.10 Å². The molecule has 0 N–H and O–H groups in total. The molecule has 24 heavy (non-hydrogen) atoms. The second-order valence-electron chi connectivity index (χ2n) is 5.88. The molecule has 0 aromatic heterocycles. The quantitative estimate of drug-likeness (QED) is 0.604. The van der Waals surface area contributed by atoms with E-state index in [0.717, 1.165) is 24.3 Å². The van der Waals surface area contributed by atoms with Crippen LogP contribution in [0.4, 0.5) is 0 Å². The molecule has 4 nitrogen and oxygen atoms in total. The first-order valence-electron chi connectivity index (χ1n) is 8.32. The summed E-state index contributed by atoms with van der Waals surface area (Å²) < 4.78 is 5.03. The van der Waals surface area contributed by atoms with Gasteiger partial charge in [0.15, 0.2) is 0 Å². The van der Waals surface area contributed by atoms with Gasteiger partial charge in [0.2, 0.25) is 0 Å². The van der Waals surface area contributed by atoms with Crippen LogP contribution in [0.5, 0.6) is 0 Å². The van der Waals surface area contributed by atoms with Crippen LogP contribution in [-0.4, -0.2) is 23.3 Å². The number of allylic oxidation sites excluding steroid dienone is 5. The van der Waals surface area contributed by atoms with Gasteiger partial charge in [-0.1, -0.05) is 48.6 Å². The van der Waals surface area contributed by atoms with E-state index in [0.29, 0.717) is 6.61 Å². The third kappa shape index (κ3) is 3.48. The van der Waals surface area contributed by atoms with Crippen LogP contribution in [0.3, 0.4) is 0 Å². The van der Waals surface area contributed by atoms with Crippen molar-refractivity contribution in [2.45, 2.75) is 32.7 Å². The van der Waals surface area contributed by atoms with Crippen molar-refractivity contribution in [3.8, 4) is 0 Å². The standard InChI is InChI=1S/C20H22N2O2/c1-3-24-20(23)13-15(2)22-19(17-11-5-4-6-12-17)14-18(21-22)16-9-7-8-10-16/h4-9,11-13,19H,3,10,14H2,1-2H3/b15-13+. The first-order chi connectivity index (χ1) is 11.7. The summed E-state index contributed by atoms with van der Waals surface area (Å²) in [5.41, 5.74) is 4.33. The normalized spacial score (nSPS) is 20.2. The van der Waals surface area contributed by atoms with E-state index in [2.05, 4.69) is 30.4 Å². The summed E-state index contributed by atoms with van der Waals surface area (Å²) >= 11 is 0. The second kappa shape index (κ2) is 7.30. The van der Waals surface area contributed by atoms with E-state index < -0.39 is 0 Å². The van der Waals surface area contributed by atoms with Crippen molar-refractivity contribution in [1.82, 2.24) is 5.01 Å². The number of benzene rings is 1. The third-order valence-electron chi connectivity index (χ3n) is 4.21. The Morgan fingerprint density at radius 1 is 1.38 bits per heavy atom. The third-order valence-corrected chi connectivity index (χ3v) is 4.21. The highest BCUT2D eigenvalue weighted by molar-refractivity contribution is 6.02. The van der Waals surface area contributed by atoms with Gasteiger partial charge in [0.1, 0.15) is 0 Å². The summed E-state index contributed by atoms with van der Waals surface area (Å²) in [5.74, 6) is -0.327. The number of nitrogens with zero attached hydrogens (tertiary/aromatic N) is 2. The maximum absolute atomic E-state index is 11.8. The number of carbonyl (C=O) groups excluding carboxylic acids is 1. The second-order valence-corrected chi connectivity index (χ2v) is 5.88. The van der Waals surface area contributed by atoms with E-state index in [4.69, 9.17) is 9.84 Å². The van der Waals surface area contributed by atoms with Gasteiger partial charge in [0, 0.05) is 18.2 Å². The Morgan fingerprint density at radius 2 is 2.17 bits per heavy atom. The Morgan fingerprint density at radius 3 is 2.83 bits per heavy atom. The van der Waals surface area contributed by atoms with Gasteiger partial charge < -0.3 is 4.74 Å². The number of rotatable bonds is 5. The Kier molecular flexibility index (Phi) is 4.94. The van der Waals surface area contributed by atoms with Crippen LogP contribution in [0.2, 0.25) is 0 Å². The van der Waals surface area contributed by atoms with E-state index in [1.807, 2.05) is 30.1 Å². The number of carbonyl (C=O) groups is 1. The molecule has 0 saturated heterocycles. The van der Waals surface area contributed by atoms with E-state index in [1.165, 1.54) is 17.2 Å². The van der Waals surface area contributed by atoms with Crippen LogP contribution in [-0.2, 0) is 9.53 Å². The van der Waals surface area contributed by atoms with Crippen molar-refractivity contribution in [2.24, 2.45) is 5.10 Å². The van der Waals surface area contributed by atoms with Crippen LogP contribution < -0.4 is 0 Å². The average molecular weight is 322 g/mol. The van der Waals surface area contributed by atoms with Gasteiger partial charge >= 0.3 is 5.97 Å². The summed E-state index contributed by atoms with van der Waals surface area (Å²) in [5, 5.41) is 6.75. The molecule has 1 aromatic carbocycles. The predicted molar refractivity (Wildman–Crippen MR) is 95.3 cm³/mol. The molecule has 0 radical (unpaired) electrons. The van der Waals surface area contributed by atoms with Crippen LogP contribution in [0.25, 0.3) is 0 Å². The molecule has 1 aromatic rings. The first-order valence-corrected chi connectivity index (χ1v) is 8.32. The summed E-state index contributed by atoms with van der Waals surface area (Å²) in [6.07, 6.45) is 9.61. The van der Waals surface area contributed by atoms with Crippen LogP contribution >= 0.6 is 0 Å². The monoisotopic (exact) mass is 322 g/mol. The van der Waals surface area contributed by atoms with Gasteiger partial charge in [0.05, 0.1) is 18.4 Å². The molecule has 0 amide bonds. The van der Waals surface area contributed by atoms with Crippen molar-refractivity contribution in [3.05, 3.63) is 71.5 Å². The van der Waals surface area contributed by atoms with E-state index in [-0.39, 0.29) is 12.0 Å². The molecule has 0 fully saturated rings. The summed E-state index contributed by atoms with van der Waals surface area (Å²) in [7, 11) is 0. The summed E-state index contributed by atoms with van der Waals surface area (Å²) in [4.78, 5) is 11.8. The topological polar surface area (TPSA) is 41.9 Å². The molecule has 124 valence electrons. The van der Waals surface area contributed by atoms with Crippen LogP contribution in [0.1, 0.15) is 38.3 Å². The highest BCUT2D eigenvalue weighted by atomic mass is 16.5. The first kappa shape index (κ1) is 16.2. The van der Waals surface area contributed by atoms with Gasteiger partial charge in [-0.25, -0.2) is 4.79 Å². The fraction of sp³-hybridized carbons (Fsp3) is 0.300. The summed E-state index contributed by atoms with van der Waals surface area (Å²) in [6.45, 7) is 4.08.